The van der Waals surface area contributed by atoms with E-state index in [1.54, 1.807) is 0 Å². The van der Waals surface area contributed by atoms with Crippen molar-refractivity contribution in [2.75, 3.05) is 0 Å². The van der Waals surface area contributed by atoms with Gasteiger partial charge in [-0.1, -0.05) is 0 Å². The summed E-state index contributed by atoms with van der Waals surface area (Å²) in [5.41, 5.74) is 0.294. The van der Waals surface area contributed by atoms with Gasteiger partial charge in [-0.25, -0.2) is 13.2 Å². The minimum Gasteiger partial charge on any atom is -0.298 e. The van der Waals surface area contributed by atoms with Crippen LogP contribution < -0.4 is 0 Å². The second-order valence-corrected chi connectivity index (χ2v) is 3.52. The van der Waals surface area contributed by atoms with Crippen LogP contribution in [-0.4, -0.2) is 6.29 Å². The summed E-state index contributed by atoms with van der Waals surface area (Å²) in [7, 11) is 0. The normalized spacial score (nSPS) is 10.3. The average molecular weight is 236 g/mol. The molecule has 2 aromatic carbocycles. The summed E-state index contributed by atoms with van der Waals surface area (Å²) in [6.07, 6.45) is 0.540. The molecule has 0 unspecified atom stereocenters. The van der Waals surface area contributed by atoms with Crippen molar-refractivity contribution in [3.8, 4) is 11.1 Å². The molecule has 0 radical (unpaired) electrons. The molecule has 0 aromatic heterocycles. The zero-order valence-corrected chi connectivity index (χ0v) is 8.58. The second-order valence-electron chi connectivity index (χ2n) is 3.52. The lowest BCUT2D eigenvalue weighted by molar-refractivity contribution is 0.112. The Labute approximate surface area is 95.5 Å². The van der Waals surface area contributed by atoms with E-state index in [-0.39, 0.29) is 16.7 Å². The second kappa shape index (κ2) is 4.41. The summed E-state index contributed by atoms with van der Waals surface area (Å²) in [6.45, 7) is 0. The first-order chi connectivity index (χ1) is 8.10. The standard InChI is InChI=1S/C13H7F3O/c14-10-4-9(5-11(15)6-10)12-3-8(7-17)1-2-13(12)16/h1-7H. The summed E-state index contributed by atoms with van der Waals surface area (Å²) in [5, 5.41) is 0. The maximum atomic E-state index is 13.5. The van der Waals surface area contributed by atoms with Gasteiger partial charge in [0.15, 0.2) is 0 Å². The maximum absolute atomic E-state index is 13.5. The molecule has 0 aliphatic rings. The van der Waals surface area contributed by atoms with Crippen LogP contribution in [0, 0.1) is 17.5 Å². The highest BCUT2D eigenvalue weighted by Crippen LogP contribution is 2.25. The maximum Gasteiger partial charge on any atom is 0.150 e. The molecule has 0 aliphatic heterocycles. The van der Waals surface area contributed by atoms with Crippen LogP contribution in [0.1, 0.15) is 10.4 Å². The van der Waals surface area contributed by atoms with Crippen LogP contribution in [-0.2, 0) is 0 Å². The molecule has 2 aromatic rings. The average Bonchev–Trinajstić information content (AvgIpc) is 2.28. The van der Waals surface area contributed by atoms with Gasteiger partial charge in [0.2, 0.25) is 0 Å². The number of hydrogen-bond donors (Lipinski definition) is 0. The molecule has 0 N–H and O–H groups in total. The van der Waals surface area contributed by atoms with E-state index in [1.165, 1.54) is 12.1 Å². The van der Waals surface area contributed by atoms with E-state index in [0.717, 1.165) is 18.2 Å². The molecule has 0 aliphatic carbocycles. The van der Waals surface area contributed by atoms with Crippen molar-refractivity contribution in [3.63, 3.8) is 0 Å². The molecule has 2 rings (SSSR count). The summed E-state index contributed by atoms with van der Waals surface area (Å²) in [4.78, 5) is 10.6. The quantitative estimate of drug-likeness (QED) is 0.728. The van der Waals surface area contributed by atoms with Gasteiger partial charge >= 0.3 is 0 Å². The predicted molar refractivity (Wildman–Crippen MR) is 57.1 cm³/mol. The van der Waals surface area contributed by atoms with Gasteiger partial charge in [-0.05, 0) is 35.9 Å². The Morgan fingerprint density at radius 1 is 0.882 bits per heavy atom. The number of hydrogen-bond acceptors (Lipinski definition) is 1. The summed E-state index contributed by atoms with van der Waals surface area (Å²) >= 11 is 0. The molecular weight excluding hydrogens is 229 g/mol. The van der Waals surface area contributed by atoms with E-state index in [9.17, 15) is 18.0 Å². The molecular formula is C13H7F3O. The van der Waals surface area contributed by atoms with Crippen LogP contribution >= 0.6 is 0 Å². The van der Waals surface area contributed by atoms with Gasteiger partial charge < -0.3 is 0 Å². The molecule has 0 spiro atoms. The minimum absolute atomic E-state index is 0.00648. The molecule has 17 heavy (non-hydrogen) atoms. The zero-order valence-electron chi connectivity index (χ0n) is 8.58. The Balaban J connectivity index is 2.62. The van der Waals surface area contributed by atoms with E-state index in [2.05, 4.69) is 0 Å². The Kier molecular flexibility index (Phi) is 2.95. The Morgan fingerprint density at radius 3 is 2.12 bits per heavy atom. The van der Waals surface area contributed by atoms with E-state index < -0.39 is 17.5 Å². The number of halogens is 3. The van der Waals surface area contributed by atoms with Gasteiger partial charge in [-0.15, -0.1) is 0 Å². The molecule has 86 valence electrons. The Hall–Kier alpha value is -2.10. The predicted octanol–water partition coefficient (Wildman–Crippen LogP) is 3.58. The van der Waals surface area contributed by atoms with Crippen molar-refractivity contribution in [3.05, 3.63) is 59.4 Å². The van der Waals surface area contributed by atoms with Gasteiger partial charge in [0, 0.05) is 17.2 Å². The number of carbonyl (C=O) groups is 1. The number of rotatable bonds is 2. The van der Waals surface area contributed by atoms with Crippen LogP contribution in [0.2, 0.25) is 0 Å². The van der Waals surface area contributed by atoms with E-state index in [0.29, 0.717) is 12.4 Å². The molecule has 0 heterocycles. The van der Waals surface area contributed by atoms with E-state index in [4.69, 9.17) is 0 Å². The van der Waals surface area contributed by atoms with Crippen molar-refractivity contribution in [2.24, 2.45) is 0 Å². The monoisotopic (exact) mass is 236 g/mol. The minimum atomic E-state index is -0.795. The summed E-state index contributed by atoms with van der Waals surface area (Å²) < 4.78 is 39.5. The first-order valence-corrected chi connectivity index (χ1v) is 4.81. The fraction of sp³-hybridized carbons (Fsp3) is 0. The van der Waals surface area contributed by atoms with Crippen molar-refractivity contribution >= 4 is 6.29 Å². The lowest BCUT2D eigenvalue weighted by atomic mass is 10.0. The molecule has 0 saturated carbocycles. The third kappa shape index (κ3) is 2.36. The van der Waals surface area contributed by atoms with E-state index >= 15 is 0 Å². The Bertz CT molecular complexity index is 559. The van der Waals surface area contributed by atoms with E-state index in [1.807, 2.05) is 0 Å². The van der Waals surface area contributed by atoms with Gasteiger partial charge in [0.1, 0.15) is 23.7 Å². The number of aldehydes is 1. The molecule has 0 amide bonds. The van der Waals surface area contributed by atoms with Crippen molar-refractivity contribution < 1.29 is 18.0 Å². The topological polar surface area (TPSA) is 17.1 Å². The molecule has 0 atom stereocenters. The molecule has 4 heteroatoms. The van der Waals surface area contributed by atoms with Crippen LogP contribution in [0.3, 0.4) is 0 Å². The SMILES string of the molecule is O=Cc1ccc(F)c(-c2cc(F)cc(F)c2)c1. The highest BCUT2D eigenvalue weighted by molar-refractivity contribution is 5.79. The van der Waals surface area contributed by atoms with Gasteiger partial charge in [0.25, 0.3) is 0 Å². The lowest BCUT2D eigenvalue weighted by Gasteiger charge is -2.05. The van der Waals surface area contributed by atoms with Crippen molar-refractivity contribution in [2.45, 2.75) is 0 Å². The smallest absolute Gasteiger partial charge is 0.150 e. The largest absolute Gasteiger partial charge is 0.298 e. The fourth-order valence-electron chi connectivity index (χ4n) is 1.55. The van der Waals surface area contributed by atoms with Crippen LogP contribution in [0.5, 0.6) is 0 Å². The third-order valence-electron chi connectivity index (χ3n) is 2.30. The van der Waals surface area contributed by atoms with Crippen LogP contribution in [0.15, 0.2) is 36.4 Å². The van der Waals surface area contributed by atoms with Gasteiger partial charge in [0.05, 0.1) is 0 Å². The van der Waals surface area contributed by atoms with Gasteiger partial charge in [-0.3, -0.25) is 4.79 Å². The van der Waals surface area contributed by atoms with Crippen molar-refractivity contribution in [1.82, 2.24) is 0 Å². The fourth-order valence-corrected chi connectivity index (χ4v) is 1.55. The highest BCUT2D eigenvalue weighted by atomic mass is 19.1. The summed E-state index contributed by atoms with van der Waals surface area (Å²) in [6, 6.07) is 6.34. The van der Waals surface area contributed by atoms with Crippen LogP contribution in [0.25, 0.3) is 11.1 Å². The molecule has 1 nitrogen and oxygen atoms in total. The highest BCUT2D eigenvalue weighted by Gasteiger charge is 2.09. The first kappa shape index (κ1) is 11.4. The lowest BCUT2D eigenvalue weighted by Crippen LogP contribution is -1.90. The molecule has 0 fully saturated rings. The number of carbonyl (C=O) groups excluding carboxylic acids is 1. The Morgan fingerprint density at radius 2 is 1.53 bits per heavy atom. The third-order valence-corrected chi connectivity index (χ3v) is 2.30. The van der Waals surface area contributed by atoms with Crippen molar-refractivity contribution in [1.29, 1.82) is 0 Å². The first-order valence-electron chi connectivity index (χ1n) is 4.81. The number of benzene rings is 2. The van der Waals surface area contributed by atoms with Gasteiger partial charge in [-0.2, -0.15) is 0 Å². The van der Waals surface area contributed by atoms with Crippen LogP contribution in [0.4, 0.5) is 13.2 Å². The molecule has 0 saturated heterocycles. The molecule has 0 bridgehead atoms. The zero-order chi connectivity index (χ0) is 12.4. The summed E-state index contributed by atoms with van der Waals surface area (Å²) in [5.74, 6) is -2.23.